The van der Waals surface area contributed by atoms with E-state index >= 15 is 0 Å². The van der Waals surface area contributed by atoms with Crippen LogP contribution < -0.4 is 35.3 Å². The number of pyridine rings is 3. The average molecular weight is 1370 g/mol. The Morgan fingerprint density at radius 3 is 1.42 bits per heavy atom. The van der Waals surface area contributed by atoms with Crippen LogP contribution in [-0.4, -0.2) is 190 Å². The number of carbonyl (C=O) groups excluding carboxylic acids is 3. The lowest BCUT2D eigenvalue weighted by molar-refractivity contribution is 0.0739. The topological polar surface area (TPSA) is 224 Å². The Labute approximate surface area is 586 Å². The molecule has 0 N–H and O–H groups in total. The number of benzene rings is 6. The van der Waals surface area contributed by atoms with Crippen LogP contribution in [0.5, 0.6) is 11.6 Å². The van der Waals surface area contributed by atoms with Crippen molar-refractivity contribution in [2.75, 3.05) is 148 Å². The van der Waals surface area contributed by atoms with Crippen LogP contribution in [0.4, 0.5) is 17.1 Å². The van der Waals surface area contributed by atoms with Gasteiger partial charge in [-0.05, 0) is 152 Å². The lowest BCUT2D eigenvalue weighted by atomic mass is 10.0. The minimum atomic E-state index is -0.305. The molecule has 0 atom stereocenters. The van der Waals surface area contributed by atoms with Gasteiger partial charge in [0.1, 0.15) is 40.6 Å². The number of ether oxygens (including phenoxy) is 2. The number of carbonyl (C=O) groups is 3. The Kier molecular flexibility index (Phi) is 23.2. The van der Waals surface area contributed by atoms with Crippen LogP contribution in [0.15, 0.2) is 143 Å². The number of rotatable bonds is 15. The third kappa shape index (κ3) is 16.2. The molecule has 0 aliphatic carbocycles. The standard InChI is InChI=1S/C28H33N5O3.C26H28ClN5O2.C22H19ClN4O2/c1-20-6-11-25-23(18-20)26(24(19-29)27(30-25)36-17-5-12-31(2)3)32-13-15-33(16-14-32)28(34)21-7-9-22(35-4)10-8-21;1-18-4-9-23-21(16-18)24(22(17-28)26(34)32(23)15-10-29(2)3)30-11-13-31(14-12-30)25(33)19-5-7-20(27)8-6-19;1-25-19-5-3-2-4-17(19)20(18(14-24)22(25)29)26-10-12-27(13-11-26)21(28)15-6-8-16(23)9-7-15/h6-11,18H,5,12-17H2,1-4H3;4-9,16H,10-15H2,1-3H3;2-9H,10-13H2,1H3. The number of hydrogen-bond donors (Lipinski definition) is 0. The number of halogens is 2. The lowest BCUT2D eigenvalue weighted by Gasteiger charge is -2.37. The van der Waals surface area contributed by atoms with Crippen molar-refractivity contribution >= 4 is 90.7 Å². The number of methoxy groups -OCH3 is 1. The van der Waals surface area contributed by atoms with Crippen LogP contribution in [0, 0.1) is 47.8 Å². The van der Waals surface area contributed by atoms with Crippen LogP contribution in [-0.2, 0) is 13.6 Å². The Hall–Kier alpha value is -10.5. The number of aryl methyl sites for hydroxylation is 3. The van der Waals surface area contributed by atoms with Crippen LogP contribution in [0.1, 0.15) is 65.3 Å². The SMILES string of the molecule is COc1ccc(C(=O)N2CCN(c3c(C#N)c(OCCCN(C)C)nc4ccc(C)cc34)CC2)cc1.Cc1ccc2c(c1)c(N1CCN(C(=O)c3ccc(Cl)cc3)CC1)c(C#N)c(=O)n2CCN(C)C.Cn1c(=O)c(C#N)c(N2CCN(C(=O)c3ccc(Cl)cc3)CC2)c2ccccc21. The molecule has 99 heavy (non-hydrogen) atoms. The highest BCUT2D eigenvalue weighted by molar-refractivity contribution is 6.31. The molecular formula is C76H80Cl2N14O7. The van der Waals surface area contributed by atoms with E-state index in [0.717, 1.165) is 68.2 Å². The van der Waals surface area contributed by atoms with Crippen molar-refractivity contribution in [1.29, 1.82) is 15.8 Å². The molecule has 3 amide bonds. The van der Waals surface area contributed by atoms with E-state index in [4.69, 9.17) is 37.7 Å². The highest BCUT2D eigenvalue weighted by atomic mass is 35.5. The average Bonchev–Trinajstić information content (AvgIpc) is 0.773. The van der Waals surface area contributed by atoms with Crippen molar-refractivity contribution in [3.8, 4) is 29.8 Å². The molecule has 9 aromatic rings. The first-order valence-electron chi connectivity index (χ1n) is 32.9. The van der Waals surface area contributed by atoms with Crippen molar-refractivity contribution < 1.29 is 23.9 Å². The predicted octanol–water partition coefficient (Wildman–Crippen LogP) is 10.1. The molecule has 3 aliphatic rings. The number of anilines is 3. The smallest absolute Gasteiger partial charge is 0.271 e. The van der Waals surface area contributed by atoms with Crippen molar-refractivity contribution in [2.45, 2.75) is 26.8 Å². The molecule has 0 radical (unpaired) electrons. The molecule has 6 heterocycles. The number of hydrogen-bond acceptors (Lipinski definition) is 16. The lowest BCUT2D eigenvalue weighted by Crippen LogP contribution is -2.49. The van der Waals surface area contributed by atoms with Crippen LogP contribution in [0.2, 0.25) is 10.0 Å². The first-order chi connectivity index (χ1) is 47.7. The second-order valence-corrected chi connectivity index (χ2v) is 26.1. The maximum Gasteiger partial charge on any atom is 0.271 e. The van der Waals surface area contributed by atoms with Gasteiger partial charge in [0.15, 0.2) is 0 Å². The maximum absolute atomic E-state index is 13.4. The van der Waals surface area contributed by atoms with Gasteiger partial charge in [-0.2, -0.15) is 15.8 Å². The number of para-hydroxylation sites is 1. The number of aromatic nitrogens is 3. The Balaban J connectivity index is 0.000000162. The Morgan fingerprint density at radius 1 is 0.515 bits per heavy atom. The second-order valence-electron chi connectivity index (χ2n) is 25.2. The largest absolute Gasteiger partial charge is 0.497 e. The van der Waals surface area contributed by atoms with E-state index in [1.807, 2.05) is 111 Å². The summed E-state index contributed by atoms with van der Waals surface area (Å²) < 4.78 is 14.4. The molecule has 3 saturated heterocycles. The summed E-state index contributed by atoms with van der Waals surface area (Å²) in [6, 6.07) is 47.2. The molecule has 0 bridgehead atoms. The fourth-order valence-electron chi connectivity index (χ4n) is 12.7. The zero-order valence-corrected chi connectivity index (χ0v) is 58.6. The minimum Gasteiger partial charge on any atom is -0.497 e. The quantitative estimate of drug-likeness (QED) is 0.0871. The zero-order chi connectivity index (χ0) is 70.6. The molecule has 0 spiro atoms. The zero-order valence-electron chi connectivity index (χ0n) is 57.1. The van der Waals surface area contributed by atoms with E-state index in [0.29, 0.717) is 148 Å². The van der Waals surface area contributed by atoms with Crippen LogP contribution >= 0.6 is 23.2 Å². The summed E-state index contributed by atoms with van der Waals surface area (Å²) in [6.45, 7) is 13.2. The molecule has 23 heteroatoms. The van der Waals surface area contributed by atoms with Gasteiger partial charge < -0.3 is 57.8 Å². The van der Waals surface area contributed by atoms with E-state index in [1.165, 1.54) is 4.57 Å². The van der Waals surface area contributed by atoms with Crippen molar-refractivity contribution in [1.82, 2.24) is 38.6 Å². The fraction of sp³-hybridized carbons (Fsp3) is 0.329. The molecule has 6 aromatic carbocycles. The summed E-state index contributed by atoms with van der Waals surface area (Å²) in [7, 11) is 11.3. The number of nitrogens with zero attached hydrogens (tertiary/aromatic N) is 14. The monoisotopic (exact) mass is 1370 g/mol. The third-order valence-electron chi connectivity index (χ3n) is 18.0. The third-order valence-corrected chi connectivity index (χ3v) is 18.5. The van der Waals surface area contributed by atoms with Crippen molar-refractivity contribution in [3.63, 3.8) is 0 Å². The normalized spacial score (nSPS) is 13.9. The first kappa shape index (κ1) is 71.3. The fourth-order valence-corrected chi connectivity index (χ4v) is 13.0. The summed E-state index contributed by atoms with van der Waals surface area (Å²) >= 11 is 11.9. The van der Waals surface area contributed by atoms with Crippen molar-refractivity contribution in [2.24, 2.45) is 7.05 Å². The van der Waals surface area contributed by atoms with Crippen LogP contribution in [0.3, 0.4) is 0 Å². The van der Waals surface area contributed by atoms with Crippen molar-refractivity contribution in [3.05, 3.63) is 209 Å². The molecule has 0 unspecified atom stereocenters. The Morgan fingerprint density at radius 2 is 0.949 bits per heavy atom. The number of likely N-dealkylation sites (N-methyl/N-ethyl adjacent to an activating group) is 1. The van der Waals surface area contributed by atoms with E-state index in [9.17, 15) is 39.8 Å². The number of amides is 3. The molecule has 0 saturated carbocycles. The predicted molar refractivity (Wildman–Crippen MR) is 390 cm³/mol. The molecule has 510 valence electrons. The highest BCUT2D eigenvalue weighted by Crippen LogP contribution is 2.37. The van der Waals surface area contributed by atoms with Gasteiger partial charge in [0.25, 0.3) is 28.8 Å². The number of piperazine rings is 3. The van der Waals surface area contributed by atoms with E-state index in [1.54, 1.807) is 101 Å². The maximum atomic E-state index is 13.4. The van der Waals surface area contributed by atoms with E-state index in [2.05, 4.69) is 39.0 Å². The van der Waals surface area contributed by atoms with Gasteiger partial charge >= 0.3 is 0 Å². The van der Waals surface area contributed by atoms with Gasteiger partial charge in [-0.1, -0.05) is 64.7 Å². The molecule has 3 aromatic heterocycles. The molecule has 3 aliphatic heterocycles. The molecule has 12 rings (SSSR count). The summed E-state index contributed by atoms with van der Waals surface area (Å²) in [5, 5.41) is 33.7. The molecule has 21 nitrogen and oxygen atoms in total. The number of nitriles is 3. The highest BCUT2D eigenvalue weighted by Gasteiger charge is 2.31. The van der Waals surface area contributed by atoms with Crippen LogP contribution in [0.25, 0.3) is 32.7 Å². The van der Waals surface area contributed by atoms with Gasteiger partial charge in [-0.25, -0.2) is 4.98 Å². The first-order valence-corrected chi connectivity index (χ1v) is 33.6. The van der Waals surface area contributed by atoms with E-state index in [-0.39, 0.29) is 40.0 Å². The van der Waals surface area contributed by atoms with Gasteiger partial charge in [0.2, 0.25) is 5.88 Å². The summed E-state index contributed by atoms with van der Waals surface area (Å²) in [6.07, 6.45) is 0.840. The van der Waals surface area contributed by atoms with Gasteiger partial charge in [-0.3, -0.25) is 24.0 Å². The molecule has 3 fully saturated rings. The van der Waals surface area contributed by atoms with Gasteiger partial charge in [0, 0.05) is 148 Å². The molecular weight excluding hydrogens is 1290 g/mol. The van der Waals surface area contributed by atoms with Gasteiger partial charge in [-0.15, -0.1) is 0 Å². The number of fused-ring (bicyclic) bond motifs is 3. The second kappa shape index (κ2) is 32.3. The Bertz CT molecular complexity index is 4710. The summed E-state index contributed by atoms with van der Waals surface area (Å²) in [5.41, 5.74) is 8.75. The summed E-state index contributed by atoms with van der Waals surface area (Å²) in [4.78, 5) is 85.4. The minimum absolute atomic E-state index is 0.00171. The summed E-state index contributed by atoms with van der Waals surface area (Å²) in [5.74, 6) is 1.00. The van der Waals surface area contributed by atoms with E-state index < -0.39 is 0 Å². The van der Waals surface area contributed by atoms with Gasteiger partial charge in [0.05, 0.1) is 47.3 Å².